The number of nitrogens with two attached hydrogens (primary N) is 1. The number of nitrogens with zero attached hydrogens (tertiary/aromatic N) is 9. The topological polar surface area (TPSA) is 181 Å². The second kappa shape index (κ2) is 8.12. The number of likely N-dealkylation sites (tertiary alicyclic amines) is 1. The largest absolute Gasteiger partial charge is 0.444 e. The van der Waals surface area contributed by atoms with Crippen LogP contribution in [0.5, 0.6) is 0 Å². The minimum atomic E-state index is -1.29. The van der Waals surface area contributed by atoms with Gasteiger partial charge < -0.3 is 15.4 Å². The molecule has 0 aromatic carbocycles. The quantitative estimate of drug-likeness (QED) is 0.577. The van der Waals surface area contributed by atoms with E-state index in [1.54, 1.807) is 50.0 Å². The maximum absolute atomic E-state index is 12.4. The highest BCUT2D eigenvalue weighted by Crippen LogP contribution is 2.34. The molecule has 174 valence electrons. The Morgan fingerprint density at radius 2 is 2.06 bits per heavy atom. The summed E-state index contributed by atoms with van der Waals surface area (Å²) in [6.07, 6.45) is 4.49. The summed E-state index contributed by atoms with van der Waals surface area (Å²) in [4.78, 5) is 34.0. The Kier molecular flexibility index (Phi) is 5.41. The van der Waals surface area contributed by atoms with E-state index < -0.39 is 29.1 Å². The van der Waals surface area contributed by atoms with Gasteiger partial charge in [0.15, 0.2) is 23.2 Å². The summed E-state index contributed by atoms with van der Waals surface area (Å²) in [6, 6.07) is 5.55. The van der Waals surface area contributed by atoms with Crippen LogP contribution < -0.4 is 5.73 Å². The number of ether oxygens (including phenoxy) is 1. The van der Waals surface area contributed by atoms with Crippen molar-refractivity contribution in [3.05, 3.63) is 30.5 Å². The van der Waals surface area contributed by atoms with Gasteiger partial charge in [-0.15, -0.1) is 5.10 Å². The van der Waals surface area contributed by atoms with Crippen LogP contribution in [-0.2, 0) is 15.1 Å². The van der Waals surface area contributed by atoms with Crippen LogP contribution in [-0.4, -0.2) is 65.0 Å². The third kappa shape index (κ3) is 3.99. The summed E-state index contributed by atoms with van der Waals surface area (Å²) in [5.74, 6) is -1.79. The second-order valence-corrected chi connectivity index (χ2v) is 9.04. The first-order chi connectivity index (χ1) is 16.1. The van der Waals surface area contributed by atoms with Gasteiger partial charge in [-0.25, -0.2) is 14.8 Å². The lowest BCUT2D eigenvalue weighted by molar-refractivity contribution is -0.118. The third-order valence-electron chi connectivity index (χ3n) is 5.30. The lowest BCUT2D eigenvalue weighted by atomic mass is 9.87. The molecule has 1 fully saturated rings. The number of primary amides is 1. The zero-order valence-electron chi connectivity index (χ0n) is 18.8. The first kappa shape index (κ1) is 22.7. The highest BCUT2D eigenvalue weighted by Gasteiger charge is 2.49. The van der Waals surface area contributed by atoms with Crippen molar-refractivity contribution in [1.82, 2.24) is 34.3 Å². The van der Waals surface area contributed by atoms with E-state index in [1.807, 2.05) is 0 Å². The average molecular weight is 462 g/mol. The number of fused-ring (bicyclic) bond motifs is 1. The van der Waals surface area contributed by atoms with Crippen LogP contribution >= 0.6 is 0 Å². The van der Waals surface area contributed by atoms with Crippen molar-refractivity contribution in [2.24, 2.45) is 5.73 Å². The molecule has 0 bridgehead atoms. The lowest BCUT2D eigenvalue weighted by Gasteiger charge is -2.48. The van der Waals surface area contributed by atoms with Crippen molar-refractivity contribution in [1.29, 1.82) is 10.5 Å². The first-order valence-electron chi connectivity index (χ1n) is 10.4. The molecule has 0 radical (unpaired) electrons. The fraction of sp³-hybridized carbons (Fsp3) is 0.429. The smallest absolute Gasteiger partial charge is 0.410 e. The second-order valence-electron chi connectivity index (χ2n) is 9.04. The Hall–Kier alpha value is -4.52. The minimum Gasteiger partial charge on any atom is -0.444 e. The summed E-state index contributed by atoms with van der Waals surface area (Å²) in [7, 11) is 0. The van der Waals surface area contributed by atoms with Gasteiger partial charge in [-0.05, 0) is 20.8 Å². The summed E-state index contributed by atoms with van der Waals surface area (Å²) >= 11 is 0. The number of aromatic nitrogens is 6. The normalized spacial score (nSPS) is 15.7. The van der Waals surface area contributed by atoms with Crippen molar-refractivity contribution in [2.75, 3.05) is 13.1 Å². The number of carbonyl (C=O) groups excluding carboxylic acids is 2. The molecule has 1 unspecified atom stereocenters. The molecule has 13 heteroatoms. The van der Waals surface area contributed by atoms with E-state index in [0.29, 0.717) is 17.0 Å². The van der Waals surface area contributed by atoms with E-state index in [1.165, 1.54) is 15.6 Å². The van der Waals surface area contributed by atoms with Crippen LogP contribution in [0.1, 0.15) is 38.9 Å². The number of carbonyl (C=O) groups is 2. The van der Waals surface area contributed by atoms with Crippen LogP contribution in [0.15, 0.2) is 24.7 Å². The molecule has 2 amide bonds. The minimum absolute atomic E-state index is 0.0235. The zero-order chi connectivity index (χ0) is 24.7. The maximum Gasteiger partial charge on any atom is 0.410 e. The van der Waals surface area contributed by atoms with Gasteiger partial charge in [-0.1, -0.05) is 0 Å². The van der Waals surface area contributed by atoms with Gasteiger partial charge in [0, 0.05) is 18.5 Å². The monoisotopic (exact) mass is 462 g/mol. The third-order valence-corrected chi connectivity index (χ3v) is 5.30. The van der Waals surface area contributed by atoms with E-state index in [9.17, 15) is 20.1 Å². The van der Waals surface area contributed by atoms with Crippen molar-refractivity contribution in [3.63, 3.8) is 0 Å². The Morgan fingerprint density at radius 3 is 2.68 bits per heavy atom. The molecular formula is C21H22N10O3. The van der Waals surface area contributed by atoms with Gasteiger partial charge in [-0.3, -0.25) is 9.48 Å². The summed E-state index contributed by atoms with van der Waals surface area (Å²) < 4.78 is 8.45. The highest BCUT2D eigenvalue weighted by atomic mass is 16.6. The Bertz CT molecular complexity index is 1350. The Morgan fingerprint density at radius 1 is 1.32 bits per heavy atom. The average Bonchev–Trinajstić information content (AvgIpc) is 3.36. The highest BCUT2D eigenvalue weighted by molar-refractivity contribution is 5.84. The van der Waals surface area contributed by atoms with Crippen molar-refractivity contribution >= 4 is 17.6 Å². The van der Waals surface area contributed by atoms with Gasteiger partial charge in [0.1, 0.15) is 11.1 Å². The van der Waals surface area contributed by atoms with Gasteiger partial charge in [0.25, 0.3) is 0 Å². The first-order valence-corrected chi connectivity index (χ1v) is 10.4. The van der Waals surface area contributed by atoms with Crippen LogP contribution in [0.25, 0.3) is 17.0 Å². The SMILES string of the molecule is CC(C)(C)OC(=O)N1CC(CC#N)(n2cc(-c3nccc4nc(C(C#N)C(N)=O)nn34)cn2)C1. The van der Waals surface area contributed by atoms with Crippen LogP contribution in [0, 0.1) is 22.7 Å². The molecule has 0 aliphatic carbocycles. The van der Waals surface area contributed by atoms with Crippen LogP contribution in [0.4, 0.5) is 4.79 Å². The van der Waals surface area contributed by atoms with Gasteiger partial charge in [0.2, 0.25) is 5.91 Å². The molecule has 0 spiro atoms. The van der Waals surface area contributed by atoms with Crippen molar-refractivity contribution in [2.45, 2.75) is 44.2 Å². The standard InChI is InChI=1S/C21H22N10O3/c1-20(2,3)34-19(33)29-11-21(12-29,5-6-22)30-10-13(9-26-30)18-25-7-4-15-27-17(28-31(15)18)14(8-23)16(24)32/h4,7,9-10,14H,5,11-12H2,1-3H3,(H2,24,32). The number of nitriles is 2. The Labute approximate surface area is 194 Å². The summed E-state index contributed by atoms with van der Waals surface area (Å²) in [6.45, 7) is 5.91. The predicted molar refractivity (Wildman–Crippen MR) is 116 cm³/mol. The van der Waals surface area contributed by atoms with Crippen molar-refractivity contribution in [3.8, 4) is 23.5 Å². The molecule has 2 N–H and O–H groups in total. The zero-order valence-corrected chi connectivity index (χ0v) is 18.8. The lowest BCUT2D eigenvalue weighted by Crippen LogP contribution is -2.64. The molecule has 3 aromatic heterocycles. The van der Waals surface area contributed by atoms with Crippen molar-refractivity contribution < 1.29 is 14.3 Å². The number of hydrogen-bond acceptors (Lipinski definition) is 9. The molecule has 1 atom stereocenters. The number of hydrogen-bond donors (Lipinski definition) is 1. The molecule has 4 rings (SSSR count). The van der Waals surface area contributed by atoms with Gasteiger partial charge in [-0.2, -0.15) is 20.1 Å². The van der Waals surface area contributed by atoms with E-state index in [0.717, 1.165) is 0 Å². The summed E-state index contributed by atoms with van der Waals surface area (Å²) in [5, 5.41) is 27.3. The molecule has 0 saturated carbocycles. The molecule has 1 aliphatic heterocycles. The molecule has 13 nitrogen and oxygen atoms in total. The van der Waals surface area contributed by atoms with Gasteiger partial charge in [0.05, 0.1) is 43.4 Å². The molecule has 34 heavy (non-hydrogen) atoms. The molecule has 4 heterocycles. The number of rotatable bonds is 5. The summed E-state index contributed by atoms with van der Waals surface area (Å²) in [5.41, 5.74) is 4.90. The maximum atomic E-state index is 12.4. The molecular weight excluding hydrogens is 440 g/mol. The van der Waals surface area contributed by atoms with E-state index in [4.69, 9.17) is 10.5 Å². The predicted octanol–water partition coefficient (Wildman–Crippen LogP) is 0.940. The Balaban J connectivity index is 1.64. The van der Waals surface area contributed by atoms with E-state index in [2.05, 4.69) is 26.2 Å². The van der Waals surface area contributed by atoms with E-state index in [-0.39, 0.29) is 25.3 Å². The number of amides is 2. The fourth-order valence-electron chi connectivity index (χ4n) is 3.70. The van der Waals surface area contributed by atoms with Crippen LogP contribution in [0.2, 0.25) is 0 Å². The molecule has 1 aliphatic rings. The molecule has 3 aromatic rings. The fourth-order valence-corrected chi connectivity index (χ4v) is 3.70. The van der Waals surface area contributed by atoms with E-state index >= 15 is 0 Å². The van der Waals surface area contributed by atoms with Gasteiger partial charge >= 0.3 is 6.09 Å². The molecule has 1 saturated heterocycles. The van der Waals surface area contributed by atoms with Crippen LogP contribution in [0.3, 0.4) is 0 Å².